The fourth-order valence-corrected chi connectivity index (χ4v) is 1.80. The van der Waals surface area contributed by atoms with Crippen LogP contribution < -0.4 is 5.32 Å². The Bertz CT molecular complexity index is 358. The van der Waals surface area contributed by atoms with E-state index in [1.807, 2.05) is 0 Å². The van der Waals surface area contributed by atoms with Gasteiger partial charge in [-0.3, -0.25) is 4.79 Å². The Labute approximate surface area is 94.9 Å². The van der Waals surface area contributed by atoms with E-state index in [4.69, 9.17) is 4.74 Å². The maximum atomic E-state index is 11.4. The van der Waals surface area contributed by atoms with Crippen molar-refractivity contribution in [1.82, 2.24) is 5.32 Å². The summed E-state index contributed by atoms with van der Waals surface area (Å²) in [5.74, 6) is -0.595. The van der Waals surface area contributed by atoms with E-state index >= 15 is 0 Å². The number of carbonyl (C=O) groups is 1. The van der Waals surface area contributed by atoms with E-state index in [9.17, 15) is 18.3 Å². The number of ether oxygens (including phenoxy) is 1. The molecule has 7 heteroatoms. The molecule has 0 bridgehead atoms. The predicted molar refractivity (Wildman–Crippen MR) is 57.7 cm³/mol. The molecule has 1 aliphatic rings. The number of aliphatic hydroxyl groups is 1. The topological polar surface area (TPSA) is 92.7 Å². The first-order valence-electron chi connectivity index (χ1n) is 5.01. The molecule has 1 saturated heterocycles. The molecule has 0 saturated carbocycles. The van der Waals surface area contributed by atoms with Crippen LogP contribution >= 0.6 is 0 Å². The minimum absolute atomic E-state index is 0.0195. The van der Waals surface area contributed by atoms with Crippen molar-refractivity contribution >= 4 is 15.7 Å². The van der Waals surface area contributed by atoms with Gasteiger partial charge in [-0.1, -0.05) is 0 Å². The molecule has 1 heterocycles. The van der Waals surface area contributed by atoms with Gasteiger partial charge in [0.15, 0.2) is 9.84 Å². The van der Waals surface area contributed by atoms with Crippen LogP contribution in [0.3, 0.4) is 0 Å². The number of hydrogen-bond acceptors (Lipinski definition) is 5. The molecule has 1 fully saturated rings. The molecule has 0 radical (unpaired) electrons. The minimum Gasteiger partial charge on any atom is -0.386 e. The summed E-state index contributed by atoms with van der Waals surface area (Å²) in [6, 6.07) is 0. The summed E-state index contributed by atoms with van der Waals surface area (Å²) in [7, 11) is -3.39. The van der Waals surface area contributed by atoms with Crippen molar-refractivity contribution in [3.63, 3.8) is 0 Å². The van der Waals surface area contributed by atoms with Crippen LogP contribution in [0.25, 0.3) is 0 Å². The first kappa shape index (κ1) is 13.4. The molecule has 1 amide bonds. The normalized spacial score (nSPS) is 27.7. The van der Waals surface area contributed by atoms with Crippen LogP contribution in [0.4, 0.5) is 0 Å². The highest BCUT2D eigenvalue weighted by molar-refractivity contribution is 7.92. The Kier molecular flexibility index (Phi) is 3.92. The van der Waals surface area contributed by atoms with Crippen molar-refractivity contribution < 1.29 is 23.1 Å². The van der Waals surface area contributed by atoms with Crippen LogP contribution in [-0.4, -0.2) is 56.3 Å². The van der Waals surface area contributed by atoms with E-state index in [2.05, 4.69) is 5.32 Å². The summed E-state index contributed by atoms with van der Waals surface area (Å²) in [5, 5.41) is 11.2. The number of amides is 1. The number of carbonyl (C=O) groups excluding carboxylic acids is 1. The monoisotopic (exact) mass is 251 g/mol. The molecular weight excluding hydrogens is 234 g/mol. The van der Waals surface area contributed by atoms with Gasteiger partial charge < -0.3 is 15.2 Å². The van der Waals surface area contributed by atoms with Crippen molar-refractivity contribution in [1.29, 1.82) is 0 Å². The van der Waals surface area contributed by atoms with Crippen LogP contribution in [0.1, 0.15) is 13.3 Å². The third-order valence-corrected chi connectivity index (χ3v) is 4.18. The van der Waals surface area contributed by atoms with E-state index in [0.29, 0.717) is 13.0 Å². The van der Waals surface area contributed by atoms with Crippen molar-refractivity contribution in [3.05, 3.63) is 0 Å². The third-order valence-electron chi connectivity index (χ3n) is 2.69. The molecule has 2 unspecified atom stereocenters. The summed E-state index contributed by atoms with van der Waals surface area (Å²) in [6.45, 7) is 1.96. The van der Waals surface area contributed by atoms with Crippen LogP contribution in [0.2, 0.25) is 0 Å². The van der Waals surface area contributed by atoms with Gasteiger partial charge in [-0.2, -0.15) is 0 Å². The molecule has 94 valence electrons. The number of hydrogen-bond donors (Lipinski definition) is 2. The number of rotatable bonds is 4. The van der Waals surface area contributed by atoms with Crippen LogP contribution in [0, 0.1) is 0 Å². The van der Waals surface area contributed by atoms with Crippen molar-refractivity contribution in [2.75, 3.05) is 26.0 Å². The molecule has 16 heavy (non-hydrogen) atoms. The van der Waals surface area contributed by atoms with Gasteiger partial charge in [-0.25, -0.2) is 8.42 Å². The maximum Gasteiger partial charge on any atom is 0.238 e. The van der Waals surface area contributed by atoms with Gasteiger partial charge in [0.05, 0.1) is 6.61 Å². The molecule has 0 aromatic carbocycles. The molecule has 2 N–H and O–H groups in total. The van der Waals surface area contributed by atoms with Crippen molar-refractivity contribution in [3.8, 4) is 0 Å². The highest BCUT2D eigenvalue weighted by atomic mass is 32.2. The van der Waals surface area contributed by atoms with Gasteiger partial charge in [0.2, 0.25) is 5.91 Å². The summed E-state index contributed by atoms with van der Waals surface area (Å²) in [5.41, 5.74) is -1.06. The average molecular weight is 251 g/mol. The fraction of sp³-hybridized carbons (Fsp3) is 0.889. The van der Waals surface area contributed by atoms with Crippen LogP contribution in [0.15, 0.2) is 0 Å². The first-order chi connectivity index (χ1) is 7.25. The summed E-state index contributed by atoms with van der Waals surface area (Å²) < 4.78 is 27.2. The van der Waals surface area contributed by atoms with E-state index in [1.54, 1.807) is 0 Å². The summed E-state index contributed by atoms with van der Waals surface area (Å²) in [4.78, 5) is 11.4. The van der Waals surface area contributed by atoms with E-state index in [0.717, 1.165) is 6.26 Å². The van der Waals surface area contributed by atoms with Crippen molar-refractivity contribution in [2.24, 2.45) is 0 Å². The fourth-order valence-electron chi connectivity index (χ4n) is 1.33. The Morgan fingerprint density at radius 3 is 2.69 bits per heavy atom. The lowest BCUT2D eigenvalue weighted by molar-refractivity contribution is -0.121. The Balaban J connectivity index is 2.47. The largest absolute Gasteiger partial charge is 0.386 e. The highest BCUT2D eigenvalue weighted by Gasteiger charge is 2.33. The van der Waals surface area contributed by atoms with Gasteiger partial charge in [-0.05, 0) is 6.92 Å². The van der Waals surface area contributed by atoms with Crippen LogP contribution in [-0.2, 0) is 19.4 Å². The molecule has 0 aromatic heterocycles. The molecular formula is C9H17NO5S. The second-order valence-electron chi connectivity index (χ2n) is 4.22. The summed E-state index contributed by atoms with van der Waals surface area (Å²) >= 11 is 0. The zero-order chi connectivity index (χ0) is 12.4. The Morgan fingerprint density at radius 1 is 1.62 bits per heavy atom. The SMILES string of the molecule is CC(C(=O)NCC1(O)CCOC1)S(C)(=O)=O. The lowest BCUT2D eigenvalue weighted by Crippen LogP contribution is -2.47. The zero-order valence-corrected chi connectivity index (χ0v) is 10.2. The lowest BCUT2D eigenvalue weighted by atomic mass is 10.0. The number of nitrogens with one attached hydrogen (secondary N) is 1. The van der Waals surface area contributed by atoms with E-state index in [1.165, 1.54) is 6.92 Å². The third kappa shape index (κ3) is 3.43. The lowest BCUT2D eigenvalue weighted by Gasteiger charge is -2.21. The molecule has 2 atom stereocenters. The average Bonchev–Trinajstić information content (AvgIpc) is 2.60. The predicted octanol–water partition coefficient (Wildman–Crippen LogP) is -1.31. The first-order valence-corrected chi connectivity index (χ1v) is 6.97. The van der Waals surface area contributed by atoms with E-state index in [-0.39, 0.29) is 13.2 Å². The molecule has 0 aromatic rings. The molecule has 0 aliphatic carbocycles. The van der Waals surface area contributed by atoms with E-state index < -0.39 is 26.6 Å². The van der Waals surface area contributed by atoms with Gasteiger partial charge in [-0.15, -0.1) is 0 Å². The Morgan fingerprint density at radius 2 is 2.25 bits per heavy atom. The van der Waals surface area contributed by atoms with Gasteiger partial charge in [0.1, 0.15) is 10.9 Å². The minimum atomic E-state index is -3.39. The molecule has 0 spiro atoms. The molecule has 6 nitrogen and oxygen atoms in total. The Hall–Kier alpha value is -0.660. The van der Waals surface area contributed by atoms with Crippen molar-refractivity contribution in [2.45, 2.75) is 24.2 Å². The van der Waals surface area contributed by atoms with Crippen LogP contribution in [0.5, 0.6) is 0 Å². The summed E-state index contributed by atoms with van der Waals surface area (Å²) in [6.07, 6.45) is 1.45. The second-order valence-corrected chi connectivity index (χ2v) is 6.58. The number of sulfone groups is 1. The van der Waals surface area contributed by atoms with Gasteiger partial charge in [0, 0.05) is 25.8 Å². The van der Waals surface area contributed by atoms with Gasteiger partial charge >= 0.3 is 0 Å². The maximum absolute atomic E-state index is 11.4. The van der Waals surface area contributed by atoms with Gasteiger partial charge in [0.25, 0.3) is 0 Å². The smallest absolute Gasteiger partial charge is 0.238 e. The zero-order valence-electron chi connectivity index (χ0n) is 9.39. The highest BCUT2D eigenvalue weighted by Crippen LogP contribution is 2.17. The standard InChI is InChI=1S/C9H17NO5S/c1-7(16(2,13)14)8(11)10-5-9(12)3-4-15-6-9/h7,12H,3-6H2,1-2H3,(H,10,11). The molecule has 1 rings (SSSR count). The molecule has 1 aliphatic heterocycles. The second kappa shape index (κ2) is 4.68. The quantitative estimate of drug-likeness (QED) is 0.647.